The third kappa shape index (κ3) is 3.07. The highest BCUT2D eigenvalue weighted by molar-refractivity contribution is 14.1. The van der Waals surface area contributed by atoms with Gasteiger partial charge in [-0.3, -0.25) is 4.79 Å². The van der Waals surface area contributed by atoms with Gasteiger partial charge in [-0.25, -0.2) is 0 Å². The molecule has 0 saturated heterocycles. The Hall–Kier alpha value is -2.42. The molecule has 0 aliphatic rings. The molecular formula is C19H17IO6. The number of methoxy groups -OCH3 is 4. The van der Waals surface area contributed by atoms with Gasteiger partial charge in [-0.1, -0.05) is 0 Å². The molecule has 26 heavy (non-hydrogen) atoms. The van der Waals surface area contributed by atoms with Crippen LogP contribution in [0.3, 0.4) is 0 Å². The molecule has 0 spiro atoms. The van der Waals surface area contributed by atoms with E-state index in [1.807, 2.05) is 0 Å². The van der Waals surface area contributed by atoms with Crippen LogP contribution in [0.2, 0.25) is 0 Å². The first kappa shape index (κ1) is 18.4. The van der Waals surface area contributed by atoms with Crippen LogP contribution in [0.25, 0.3) is 22.3 Å². The number of benzene rings is 2. The number of halogens is 1. The lowest BCUT2D eigenvalue weighted by Crippen LogP contribution is -2.05. The summed E-state index contributed by atoms with van der Waals surface area (Å²) in [6.07, 6.45) is 0. The summed E-state index contributed by atoms with van der Waals surface area (Å²) < 4.78 is 28.0. The molecule has 0 amide bonds. The molecular weight excluding hydrogens is 451 g/mol. The van der Waals surface area contributed by atoms with Crippen molar-refractivity contribution in [2.75, 3.05) is 28.4 Å². The quantitative estimate of drug-likeness (QED) is 0.526. The van der Waals surface area contributed by atoms with Gasteiger partial charge in [0.05, 0.1) is 32.0 Å². The number of hydrogen-bond donors (Lipinski definition) is 0. The van der Waals surface area contributed by atoms with Crippen LogP contribution in [0.4, 0.5) is 0 Å². The summed E-state index contributed by atoms with van der Waals surface area (Å²) in [4.78, 5) is 12.7. The van der Waals surface area contributed by atoms with Crippen molar-refractivity contribution in [3.63, 3.8) is 0 Å². The summed E-state index contributed by atoms with van der Waals surface area (Å²) in [7, 11) is 6.17. The average molecular weight is 468 g/mol. The van der Waals surface area contributed by atoms with Gasteiger partial charge in [-0.05, 0) is 40.8 Å². The summed E-state index contributed by atoms with van der Waals surface area (Å²) >= 11 is 2.09. The Balaban J connectivity index is 2.29. The topological polar surface area (TPSA) is 67.1 Å². The monoisotopic (exact) mass is 468 g/mol. The maximum atomic E-state index is 12.7. The zero-order chi connectivity index (χ0) is 18.8. The Morgan fingerprint density at radius 2 is 1.46 bits per heavy atom. The smallest absolute Gasteiger partial charge is 0.197 e. The van der Waals surface area contributed by atoms with Crippen molar-refractivity contribution in [1.82, 2.24) is 0 Å². The van der Waals surface area contributed by atoms with E-state index in [0.717, 1.165) is 0 Å². The Morgan fingerprint density at radius 3 is 2.08 bits per heavy atom. The van der Waals surface area contributed by atoms with Gasteiger partial charge < -0.3 is 23.4 Å². The SMILES string of the molecule is COc1ccc(-c2cc(=O)c3c(OC)cc(OC)c(I)c3o2)cc1OC. The molecule has 0 aliphatic carbocycles. The van der Waals surface area contributed by atoms with Crippen LogP contribution >= 0.6 is 22.6 Å². The lowest BCUT2D eigenvalue weighted by atomic mass is 10.1. The minimum atomic E-state index is -0.201. The predicted octanol–water partition coefficient (Wildman–Crippen LogP) is 4.10. The predicted molar refractivity (Wildman–Crippen MR) is 107 cm³/mol. The molecule has 6 nitrogen and oxygen atoms in total. The molecule has 1 heterocycles. The molecule has 0 radical (unpaired) electrons. The van der Waals surface area contributed by atoms with E-state index in [2.05, 4.69) is 22.6 Å². The van der Waals surface area contributed by atoms with E-state index >= 15 is 0 Å². The van der Waals surface area contributed by atoms with E-state index in [9.17, 15) is 4.79 Å². The van der Waals surface area contributed by atoms with Crippen molar-refractivity contribution in [1.29, 1.82) is 0 Å². The molecule has 0 saturated carbocycles. The molecule has 0 bridgehead atoms. The van der Waals surface area contributed by atoms with E-state index < -0.39 is 0 Å². The van der Waals surface area contributed by atoms with Crippen molar-refractivity contribution in [2.24, 2.45) is 0 Å². The van der Waals surface area contributed by atoms with Crippen molar-refractivity contribution in [3.05, 3.63) is 44.1 Å². The van der Waals surface area contributed by atoms with Gasteiger partial charge in [0, 0.05) is 17.7 Å². The van der Waals surface area contributed by atoms with Crippen molar-refractivity contribution >= 4 is 33.6 Å². The van der Waals surface area contributed by atoms with Crippen LogP contribution in [0.15, 0.2) is 39.5 Å². The van der Waals surface area contributed by atoms with E-state index in [0.29, 0.717) is 48.9 Å². The van der Waals surface area contributed by atoms with Crippen molar-refractivity contribution in [2.45, 2.75) is 0 Å². The van der Waals surface area contributed by atoms with Crippen LogP contribution in [0.1, 0.15) is 0 Å². The third-order valence-corrected chi connectivity index (χ3v) is 5.00. The summed E-state index contributed by atoms with van der Waals surface area (Å²) in [5.41, 5.74) is 0.909. The normalized spacial score (nSPS) is 10.7. The summed E-state index contributed by atoms with van der Waals surface area (Å²) in [6.45, 7) is 0. The van der Waals surface area contributed by atoms with Crippen molar-refractivity contribution < 1.29 is 23.4 Å². The molecule has 7 heteroatoms. The lowest BCUT2D eigenvalue weighted by molar-refractivity contribution is 0.355. The fraction of sp³-hybridized carbons (Fsp3) is 0.211. The van der Waals surface area contributed by atoms with Gasteiger partial charge in [0.15, 0.2) is 22.5 Å². The fourth-order valence-electron chi connectivity index (χ4n) is 2.69. The van der Waals surface area contributed by atoms with E-state index in [1.54, 1.807) is 45.6 Å². The first-order valence-corrected chi connectivity index (χ1v) is 8.72. The second kappa shape index (κ2) is 7.45. The van der Waals surface area contributed by atoms with Crippen LogP contribution in [-0.4, -0.2) is 28.4 Å². The zero-order valence-corrected chi connectivity index (χ0v) is 16.9. The van der Waals surface area contributed by atoms with E-state index in [1.165, 1.54) is 13.2 Å². The Bertz CT molecular complexity index is 1020. The number of rotatable bonds is 5. The standard InChI is InChI=1S/C19H17IO6/c1-22-12-6-5-10(7-14(12)23-2)13-8-11(21)17-15(24-3)9-16(25-4)18(20)19(17)26-13/h5-9H,1-4H3. The molecule has 1 aromatic heterocycles. The van der Waals surface area contributed by atoms with Gasteiger partial charge >= 0.3 is 0 Å². The third-order valence-electron chi connectivity index (χ3n) is 3.98. The van der Waals surface area contributed by atoms with Gasteiger partial charge in [-0.2, -0.15) is 0 Å². The van der Waals surface area contributed by atoms with Crippen LogP contribution < -0.4 is 24.4 Å². The Labute approximate surface area is 163 Å². The summed E-state index contributed by atoms with van der Waals surface area (Å²) in [5, 5.41) is 0.377. The van der Waals surface area contributed by atoms with Crippen LogP contribution in [0.5, 0.6) is 23.0 Å². The molecule has 0 fully saturated rings. The molecule has 0 N–H and O–H groups in total. The van der Waals surface area contributed by atoms with Crippen LogP contribution in [0, 0.1) is 3.57 Å². The number of ether oxygens (including phenoxy) is 4. The van der Waals surface area contributed by atoms with Gasteiger partial charge in [0.25, 0.3) is 0 Å². The Kier molecular flexibility index (Phi) is 5.26. The molecule has 0 unspecified atom stereocenters. The van der Waals surface area contributed by atoms with Crippen molar-refractivity contribution in [3.8, 4) is 34.3 Å². The van der Waals surface area contributed by atoms with Crippen LogP contribution in [-0.2, 0) is 0 Å². The summed E-state index contributed by atoms with van der Waals surface area (Å²) in [6, 6.07) is 8.43. The van der Waals surface area contributed by atoms with Gasteiger partial charge in [0.1, 0.15) is 22.6 Å². The Morgan fingerprint density at radius 1 is 0.808 bits per heavy atom. The maximum absolute atomic E-state index is 12.7. The first-order chi connectivity index (χ1) is 12.5. The highest BCUT2D eigenvalue weighted by Gasteiger charge is 2.19. The first-order valence-electron chi connectivity index (χ1n) is 7.64. The molecule has 3 rings (SSSR count). The maximum Gasteiger partial charge on any atom is 0.197 e. The lowest BCUT2D eigenvalue weighted by Gasteiger charge is -2.12. The molecule has 3 aromatic rings. The molecule has 0 atom stereocenters. The number of fused-ring (bicyclic) bond motifs is 1. The largest absolute Gasteiger partial charge is 0.496 e. The van der Waals surface area contributed by atoms with E-state index in [4.69, 9.17) is 23.4 Å². The number of hydrogen-bond acceptors (Lipinski definition) is 6. The summed E-state index contributed by atoms with van der Waals surface area (Å²) in [5.74, 6) is 2.53. The minimum absolute atomic E-state index is 0.201. The van der Waals surface area contributed by atoms with Gasteiger partial charge in [-0.15, -0.1) is 0 Å². The van der Waals surface area contributed by atoms with E-state index in [-0.39, 0.29) is 5.43 Å². The molecule has 0 aliphatic heterocycles. The molecule has 2 aromatic carbocycles. The second-order valence-electron chi connectivity index (χ2n) is 5.34. The zero-order valence-electron chi connectivity index (χ0n) is 14.7. The second-order valence-corrected chi connectivity index (χ2v) is 6.42. The molecule has 136 valence electrons. The highest BCUT2D eigenvalue weighted by atomic mass is 127. The minimum Gasteiger partial charge on any atom is -0.496 e. The highest BCUT2D eigenvalue weighted by Crippen LogP contribution is 2.38. The fourth-order valence-corrected chi connectivity index (χ4v) is 3.44. The van der Waals surface area contributed by atoms with Gasteiger partial charge in [0.2, 0.25) is 0 Å². The average Bonchev–Trinajstić information content (AvgIpc) is 2.67.